The van der Waals surface area contributed by atoms with Crippen LogP contribution in [0.15, 0.2) is 29.6 Å². The lowest BCUT2D eigenvalue weighted by molar-refractivity contribution is 1.23. The Bertz CT molecular complexity index is 960. The molecule has 0 unspecified atom stereocenters. The molecule has 21 heavy (non-hydrogen) atoms. The van der Waals surface area contributed by atoms with E-state index in [2.05, 4.69) is 27.5 Å². The molecule has 0 aliphatic carbocycles. The van der Waals surface area contributed by atoms with Crippen molar-refractivity contribution in [1.29, 1.82) is 0 Å². The maximum absolute atomic E-state index is 6.36. The fourth-order valence-corrected chi connectivity index (χ4v) is 4.86. The Balaban J connectivity index is 2.02. The van der Waals surface area contributed by atoms with E-state index >= 15 is 0 Å². The van der Waals surface area contributed by atoms with Gasteiger partial charge < -0.3 is 0 Å². The SMILES string of the molecule is Cc1ccc(Cl)c2nc(-c3cc4sccc4s3)nc(Cl)c12. The zero-order chi connectivity index (χ0) is 14.6. The van der Waals surface area contributed by atoms with Gasteiger partial charge in [-0.05, 0) is 36.1 Å². The van der Waals surface area contributed by atoms with Gasteiger partial charge >= 0.3 is 0 Å². The average molecular weight is 351 g/mol. The molecular weight excluding hydrogens is 343 g/mol. The minimum Gasteiger partial charge on any atom is -0.226 e. The quantitative estimate of drug-likeness (QED) is 0.382. The standard InChI is InChI=1S/C15H8Cl2N2S2/c1-7-2-3-8(16)13-12(7)14(17)19-15(18-13)11-6-10-9(21-11)4-5-20-10/h2-6H,1H3. The topological polar surface area (TPSA) is 25.8 Å². The lowest BCUT2D eigenvalue weighted by Crippen LogP contribution is -1.93. The van der Waals surface area contributed by atoms with Crippen molar-refractivity contribution in [2.75, 3.05) is 0 Å². The second-order valence-corrected chi connectivity index (χ2v) is 7.48. The summed E-state index contributed by atoms with van der Waals surface area (Å²) in [6, 6.07) is 7.99. The summed E-state index contributed by atoms with van der Waals surface area (Å²) in [5, 5.41) is 3.96. The highest BCUT2D eigenvalue weighted by molar-refractivity contribution is 7.28. The molecule has 0 saturated carbocycles. The molecule has 104 valence electrons. The summed E-state index contributed by atoms with van der Waals surface area (Å²) in [4.78, 5) is 10.1. The molecule has 0 fully saturated rings. The Labute approximate surface area is 139 Å². The van der Waals surface area contributed by atoms with E-state index in [0.29, 0.717) is 21.5 Å². The molecule has 0 aliphatic rings. The number of rotatable bonds is 1. The molecule has 0 bridgehead atoms. The van der Waals surface area contributed by atoms with Crippen LogP contribution in [0.4, 0.5) is 0 Å². The summed E-state index contributed by atoms with van der Waals surface area (Å²) in [7, 11) is 0. The largest absolute Gasteiger partial charge is 0.226 e. The highest BCUT2D eigenvalue weighted by atomic mass is 35.5. The summed E-state index contributed by atoms with van der Waals surface area (Å²) in [6.07, 6.45) is 0. The minimum absolute atomic E-state index is 0.451. The maximum Gasteiger partial charge on any atom is 0.171 e. The van der Waals surface area contributed by atoms with Gasteiger partial charge in [0, 0.05) is 14.8 Å². The van der Waals surface area contributed by atoms with Crippen LogP contribution in [-0.2, 0) is 0 Å². The van der Waals surface area contributed by atoms with Crippen molar-refractivity contribution in [3.05, 3.63) is 45.4 Å². The number of hydrogen-bond acceptors (Lipinski definition) is 4. The summed E-state index contributed by atoms with van der Waals surface area (Å²) >= 11 is 16.0. The molecule has 0 atom stereocenters. The second-order valence-electron chi connectivity index (χ2n) is 4.69. The summed E-state index contributed by atoms with van der Waals surface area (Å²) in [5.74, 6) is 0.633. The molecule has 1 aromatic carbocycles. The van der Waals surface area contributed by atoms with Crippen LogP contribution in [0.2, 0.25) is 10.2 Å². The van der Waals surface area contributed by atoms with Crippen LogP contribution in [0.5, 0.6) is 0 Å². The van der Waals surface area contributed by atoms with E-state index in [1.807, 2.05) is 19.1 Å². The van der Waals surface area contributed by atoms with Crippen LogP contribution in [-0.4, -0.2) is 9.97 Å². The van der Waals surface area contributed by atoms with Crippen LogP contribution in [0, 0.1) is 6.92 Å². The Hall–Kier alpha value is -1.20. The van der Waals surface area contributed by atoms with Gasteiger partial charge in [0.15, 0.2) is 5.82 Å². The van der Waals surface area contributed by atoms with E-state index in [-0.39, 0.29) is 0 Å². The monoisotopic (exact) mass is 350 g/mol. The molecule has 0 N–H and O–H groups in total. The lowest BCUT2D eigenvalue weighted by atomic mass is 10.1. The third kappa shape index (κ3) is 2.14. The molecule has 3 aromatic heterocycles. The van der Waals surface area contributed by atoms with Gasteiger partial charge in [0.2, 0.25) is 0 Å². The van der Waals surface area contributed by atoms with Gasteiger partial charge in [-0.25, -0.2) is 9.97 Å². The zero-order valence-electron chi connectivity index (χ0n) is 10.9. The Morgan fingerprint density at radius 2 is 1.90 bits per heavy atom. The van der Waals surface area contributed by atoms with Crippen LogP contribution < -0.4 is 0 Å². The molecule has 0 amide bonds. The van der Waals surface area contributed by atoms with Gasteiger partial charge in [-0.1, -0.05) is 29.3 Å². The lowest BCUT2D eigenvalue weighted by Gasteiger charge is -2.07. The number of benzene rings is 1. The average Bonchev–Trinajstić information content (AvgIpc) is 3.03. The number of halogens is 2. The molecular formula is C15H8Cl2N2S2. The van der Waals surface area contributed by atoms with Crippen molar-refractivity contribution in [2.45, 2.75) is 6.92 Å². The molecule has 0 saturated heterocycles. The number of fused-ring (bicyclic) bond motifs is 2. The first kappa shape index (κ1) is 13.5. The molecule has 2 nitrogen and oxygen atoms in total. The number of hydrogen-bond donors (Lipinski definition) is 0. The van der Waals surface area contributed by atoms with E-state index in [4.69, 9.17) is 23.2 Å². The first-order chi connectivity index (χ1) is 10.1. The second kappa shape index (κ2) is 4.92. The van der Waals surface area contributed by atoms with Crippen LogP contribution in [0.3, 0.4) is 0 Å². The molecule has 4 aromatic rings. The van der Waals surface area contributed by atoms with Gasteiger partial charge in [0.25, 0.3) is 0 Å². The maximum atomic E-state index is 6.36. The molecule has 0 spiro atoms. The van der Waals surface area contributed by atoms with Gasteiger partial charge in [-0.3, -0.25) is 0 Å². The van der Waals surface area contributed by atoms with Gasteiger partial charge in [-0.2, -0.15) is 0 Å². The number of aromatic nitrogens is 2. The van der Waals surface area contributed by atoms with Crippen molar-refractivity contribution < 1.29 is 0 Å². The van der Waals surface area contributed by atoms with Crippen LogP contribution in [0.1, 0.15) is 5.56 Å². The predicted octanol–water partition coefficient (Wildman–Crippen LogP) is 6.19. The summed E-state index contributed by atoms with van der Waals surface area (Å²) < 4.78 is 2.48. The van der Waals surface area contributed by atoms with Gasteiger partial charge in [0.1, 0.15) is 5.15 Å². The highest BCUT2D eigenvalue weighted by Gasteiger charge is 2.14. The van der Waals surface area contributed by atoms with E-state index in [1.165, 1.54) is 9.40 Å². The molecule has 0 radical (unpaired) electrons. The van der Waals surface area contributed by atoms with Crippen LogP contribution in [0.25, 0.3) is 31.0 Å². The van der Waals surface area contributed by atoms with Crippen molar-refractivity contribution in [2.24, 2.45) is 0 Å². The Morgan fingerprint density at radius 1 is 1.05 bits per heavy atom. The van der Waals surface area contributed by atoms with Crippen molar-refractivity contribution in [1.82, 2.24) is 9.97 Å². The van der Waals surface area contributed by atoms with E-state index in [9.17, 15) is 0 Å². The van der Waals surface area contributed by atoms with Gasteiger partial charge in [-0.15, -0.1) is 22.7 Å². The van der Waals surface area contributed by atoms with Crippen molar-refractivity contribution in [3.63, 3.8) is 0 Å². The molecule has 4 rings (SSSR count). The number of aryl methyl sites for hydroxylation is 1. The van der Waals surface area contributed by atoms with E-state index in [0.717, 1.165) is 15.8 Å². The Morgan fingerprint density at radius 3 is 2.71 bits per heavy atom. The summed E-state index contributed by atoms with van der Waals surface area (Å²) in [5.41, 5.74) is 1.74. The number of thiophene rings is 2. The smallest absolute Gasteiger partial charge is 0.171 e. The first-order valence-corrected chi connectivity index (χ1v) is 8.68. The van der Waals surface area contributed by atoms with Gasteiger partial charge in [0.05, 0.1) is 15.4 Å². The third-order valence-electron chi connectivity index (χ3n) is 3.32. The predicted molar refractivity (Wildman–Crippen MR) is 93.0 cm³/mol. The van der Waals surface area contributed by atoms with E-state index < -0.39 is 0 Å². The minimum atomic E-state index is 0.451. The molecule has 6 heteroatoms. The van der Waals surface area contributed by atoms with Crippen molar-refractivity contribution in [3.8, 4) is 10.7 Å². The van der Waals surface area contributed by atoms with Crippen molar-refractivity contribution >= 4 is 66.2 Å². The third-order valence-corrected chi connectivity index (χ3v) is 5.99. The normalized spacial score (nSPS) is 11.6. The summed E-state index contributed by atoms with van der Waals surface area (Å²) in [6.45, 7) is 1.98. The number of nitrogens with zero attached hydrogens (tertiary/aromatic N) is 2. The fourth-order valence-electron chi connectivity index (χ4n) is 2.30. The molecule has 3 heterocycles. The molecule has 0 aliphatic heterocycles. The highest BCUT2D eigenvalue weighted by Crippen LogP contribution is 2.37. The Kier molecular flexibility index (Phi) is 3.15. The van der Waals surface area contributed by atoms with E-state index in [1.54, 1.807) is 22.7 Å². The van der Waals surface area contributed by atoms with Crippen LogP contribution >= 0.6 is 45.9 Å². The fraction of sp³-hybridized carbons (Fsp3) is 0.0667. The first-order valence-electron chi connectivity index (χ1n) is 6.23. The zero-order valence-corrected chi connectivity index (χ0v) is 14.0.